The zero-order valence-electron chi connectivity index (χ0n) is 15.9. The Hall–Kier alpha value is -3.80. The number of hydrogen-bond acceptors (Lipinski definition) is 5. The Kier molecular flexibility index (Phi) is 6.47. The summed E-state index contributed by atoms with van der Waals surface area (Å²) in [5.41, 5.74) is 2.30. The lowest BCUT2D eigenvalue weighted by Gasteiger charge is -2.17. The van der Waals surface area contributed by atoms with E-state index >= 15 is 0 Å². The Balaban J connectivity index is 1.72. The van der Waals surface area contributed by atoms with Crippen LogP contribution in [0, 0.1) is 0 Å². The van der Waals surface area contributed by atoms with Crippen LogP contribution in [0.2, 0.25) is 0 Å². The minimum absolute atomic E-state index is 0.0773. The largest absolute Gasteiger partial charge is 0.467 e. The maximum Gasteiger partial charge on any atom is 0.328 e. The molecule has 0 bridgehead atoms. The molecule has 0 saturated carbocycles. The molecular weight excluding hydrogens is 368 g/mol. The molecule has 0 spiro atoms. The minimum atomic E-state index is -0.858. The summed E-state index contributed by atoms with van der Waals surface area (Å²) < 4.78 is 4.82. The van der Waals surface area contributed by atoms with Gasteiger partial charge in [0.1, 0.15) is 6.04 Å². The van der Waals surface area contributed by atoms with Gasteiger partial charge in [-0.25, -0.2) is 4.79 Å². The molecule has 2 aromatic carbocycles. The molecule has 3 aromatic rings. The van der Waals surface area contributed by atoms with Crippen molar-refractivity contribution in [3.63, 3.8) is 0 Å². The topological polar surface area (TPSA) is 85.4 Å². The van der Waals surface area contributed by atoms with Crippen LogP contribution in [0.5, 0.6) is 0 Å². The summed E-state index contributed by atoms with van der Waals surface area (Å²) in [5, 5.41) is 2.68. The average Bonchev–Trinajstić information content (AvgIpc) is 2.79. The number of carbonyl (C=O) groups excluding carboxylic acids is 3. The Morgan fingerprint density at radius 3 is 2.17 bits per heavy atom. The first-order valence-corrected chi connectivity index (χ1v) is 9.06. The van der Waals surface area contributed by atoms with Gasteiger partial charge in [0.2, 0.25) is 0 Å². The number of hydrogen-bond donors (Lipinski definition) is 1. The van der Waals surface area contributed by atoms with E-state index in [9.17, 15) is 14.4 Å². The Morgan fingerprint density at radius 2 is 1.55 bits per heavy atom. The molecule has 29 heavy (non-hydrogen) atoms. The van der Waals surface area contributed by atoms with Crippen LogP contribution in [0.4, 0.5) is 0 Å². The maximum absolute atomic E-state index is 12.5. The van der Waals surface area contributed by atoms with Crippen LogP contribution >= 0.6 is 0 Å². The number of ketones is 1. The molecule has 0 radical (unpaired) electrons. The van der Waals surface area contributed by atoms with Gasteiger partial charge in [0.25, 0.3) is 5.91 Å². The second-order valence-corrected chi connectivity index (χ2v) is 6.39. The van der Waals surface area contributed by atoms with Gasteiger partial charge in [0.05, 0.1) is 12.7 Å². The van der Waals surface area contributed by atoms with E-state index < -0.39 is 17.9 Å². The fourth-order valence-corrected chi connectivity index (χ4v) is 2.86. The predicted molar refractivity (Wildman–Crippen MR) is 108 cm³/mol. The third kappa shape index (κ3) is 5.13. The number of methoxy groups -OCH3 is 1. The van der Waals surface area contributed by atoms with Crippen molar-refractivity contribution in [1.29, 1.82) is 0 Å². The Labute approximate surface area is 168 Å². The zero-order chi connectivity index (χ0) is 20.6. The Morgan fingerprint density at radius 1 is 0.897 bits per heavy atom. The van der Waals surface area contributed by atoms with Crippen molar-refractivity contribution in [2.24, 2.45) is 0 Å². The molecule has 6 nitrogen and oxygen atoms in total. The molecule has 0 fully saturated rings. The van der Waals surface area contributed by atoms with Gasteiger partial charge in [-0.1, -0.05) is 54.6 Å². The van der Waals surface area contributed by atoms with E-state index in [1.54, 1.807) is 54.7 Å². The normalized spacial score (nSPS) is 11.3. The van der Waals surface area contributed by atoms with Crippen LogP contribution in [-0.4, -0.2) is 35.8 Å². The number of nitrogens with one attached hydrogen (secondary N) is 1. The van der Waals surface area contributed by atoms with Crippen LogP contribution in [0.25, 0.3) is 0 Å². The smallest absolute Gasteiger partial charge is 0.328 e. The monoisotopic (exact) mass is 388 g/mol. The molecule has 146 valence electrons. The first kappa shape index (κ1) is 19.9. The highest BCUT2D eigenvalue weighted by molar-refractivity contribution is 6.08. The number of carbonyl (C=O) groups is 3. The van der Waals surface area contributed by atoms with Crippen molar-refractivity contribution in [1.82, 2.24) is 10.3 Å². The van der Waals surface area contributed by atoms with Crippen molar-refractivity contribution in [2.45, 2.75) is 12.5 Å². The molecule has 1 atom stereocenters. The summed E-state index contributed by atoms with van der Waals surface area (Å²) in [6.45, 7) is 0. The lowest BCUT2D eigenvalue weighted by molar-refractivity contribution is -0.142. The number of ether oxygens (including phenoxy) is 1. The maximum atomic E-state index is 12.5. The highest BCUT2D eigenvalue weighted by atomic mass is 16.5. The van der Waals surface area contributed by atoms with Crippen molar-refractivity contribution in [3.8, 4) is 0 Å². The molecule has 3 rings (SSSR count). The summed E-state index contributed by atoms with van der Waals surface area (Å²) in [6.07, 6.45) is 3.22. The predicted octanol–water partition coefficient (Wildman–Crippen LogP) is 2.83. The molecular formula is C23H20N2O4. The van der Waals surface area contributed by atoms with E-state index in [1.807, 2.05) is 18.2 Å². The quantitative estimate of drug-likeness (QED) is 0.497. The van der Waals surface area contributed by atoms with Crippen molar-refractivity contribution >= 4 is 17.7 Å². The van der Waals surface area contributed by atoms with Crippen LogP contribution in [-0.2, 0) is 16.0 Å². The van der Waals surface area contributed by atoms with Crippen LogP contribution in [0.15, 0.2) is 79.1 Å². The second-order valence-electron chi connectivity index (χ2n) is 6.39. The third-order valence-corrected chi connectivity index (χ3v) is 4.41. The minimum Gasteiger partial charge on any atom is -0.467 e. The lowest BCUT2D eigenvalue weighted by Crippen LogP contribution is -2.43. The van der Waals surface area contributed by atoms with E-state index in [2.05, 4.69) is 10.3 Å². The lowest BCUT2D eigenvalue weighted by atomic mass is 9.99. The van der Waals surface area contributed by atoms with Crippen molar-refractivity contribution in [3.05, 3.63) is 101 Å². The molecule has 0 unspecified atom stereocenters. The van der Waals surface area contributed by atoms with E-state index in [4.69, 9.17) is 4.74 Å². The molecule has 0 aliphatic rings. The molecule has 0 aliphatic heterocycles. The first-order valence-electron chi connectivity index (χ1n) is 9.06. The summed E-state index contributed by atoms with van der Waals surface area (Å²) in [7, 11) is 1.27. The summed E-state index contributed by atoms with van der Waals surface area (Å²) in [4.78, 5) is 40.9. The number of nitrogens with zero attached hydrogens (tertiary/aromatic N) is 1. The fourth-order valence-electron chi connectivity index (χ4n) is 2.86. The number of esters is 1. The zero-order valence-corrected chi connectivity index (χ0v) is 15.9. The van der Waals surface area contributed by atoms with Gasteiger partial charge >= 0.3 is 5.97 Å². The van der Waals surface area contributed by atoms with E-state index in [1.165, 1.54) is 13.3 Å². The molecule has 0 saturated heterocycles. The molecule has 1 heterocycles. The number of rotatable bonds is 7. The summed E-state index contributed by atoms with van der Waals surface area (Å²) in [6, 6.07) is 18.4. The highest BCUT2D eigenvalue weighted by Gasteiger charge is 2.23. The number of amides is 1. The SMILES string of the molecule is COC(=O)[C@H](Cc1ccc(C(=O)c2ccccc2)cc1)NC(=O)c1cccnc1. The van der Waals surface area contributed by atoms with Gasteiger partial charge in [-0.3, -0.25) is 14.6 Å². The highest BCUT2D eigenvalue weighted by Crippen LogP contribution is 2.13. The first-order chi connectivity index (χ1) is 14.1. The van der Waals surface area contributed by atoms with Crippen molar-refractivity contribution < 1.29 is 19.1 Å². The summed E-state index contributed by atoms with van der Waals surface area (Å²) in [5.74, 6) is -1.04. The van der Waals surface area contributed by atoms with E-state index in [0.717, 1.165) is 5.56 Å². The third-order valence-electron chi connectivity index (χ3n) is 4.41. The molecule has 1 aromatic heterocycles. The van der Waals surface area contributed by atoms with Gasteiger partial charge in [-0.2, -0.15) is 0 Å². The Bertz CT molecular complexity index is 986. The van der Waals surface area contributed by atoms with E-state index in [-0.39, 0.29) is 12.2 Å². The fraction of sp³-hybridized carbons (Fsp3) is 0.130. The van der Waals surface area contributed by atoms with Gasteiger partial charge in [-0.15, -0.1) is 0 Å². The van der Waals surface area contributed by atoms with Gasteiger partial charge in [-0.05, 0) is 17.7 Å². The second kappa shape index (κ2) is 9.41. The number of benzene rings is 2. The number of aromatic nitrogens is 1. The van der Waals surface area contributed by atoms with Crippen LogP contribution in [0.1, 0.15) is 31.8 Å². The number of pyridine rings is 1. The standard InChI is InChI=1S/C23H20N2O4/c1-29-23(28)20(25-22(27)19-8-5-13-24-15-19)14-16-9-11-18(12-10-16)21(26)17-6-3-2-4-7-17/h2-13,15,20H,14H2,1H3,(H,25,27)/t20-/m0/s1. The molecule has 1 amide bonds. The molecule has 0 aliphatic carbocycles. The molecule has 6 heteroatoms. The van der Waals surface area contributed by atoms with Gasteiger partial charge in [0, 0.05) is 29.9 Å². The average molecular weight is 388 g/mol. The van der Waals surface area contributed by atoms with Gasteiger partial charge < -0.3 is 10.1 Å². The van der Waals surface area contributed by atoms with Crippen molar-refractivity contribution in [2.75, 3.05) is 7.11 Å². The van der Waals surface area contributed by atoms with Crippen LogP contribution < -0.4 is 5.32 Å². The van der Waals surface area contributed by atoms with Crippen LogP contribution in [0.3, 0.4) is 0 Å². The van der Waals surface area contributed by atoms with E-state index in [0.29, 0.717) is 16.7 Å². The van der Waals surface area contributed by atoms with Gasteiger partial charge in [0.15, 0.2) is 5.78 Å². The summed E-state index contributed by atoms with van der Waals surface area (Å²) >= 11 is 0. The molecule has 1 N–H and O–H groups in total.